The molecule has 34 heavy (non-hydrogen) atoms. The van der Waals surface area contributed by atoms with Crippen molar-refractivity contribution in [2.45, 2.75) is 13.2 Å². The molecule has 0 unspecified atom stereocenters. The minimum atomic E-state index is -0.391. The van der Waals surface area contributed by atoms with Crippen LogP contribution in [0.3, 0.4) is 0 Å². The Morgan fingerprint density at radius 3 is 2.62 bits per heavy atom. The third-order valence-electron chi connectivity index (χ3n) is 5.24. The van der Waals surface area contributed by atoms with Gasteiger partial charge in [-0.25, -0.2) is 0 Å². The number of ether oxygens (including phenoxy) is 3. The molecule has 0 saturated carbocycles. The molecule has 6 nitrogen and oxygen atoms in total. The van der Waals surface area contributed by atoms with Crippen molar-refractivity contribution in [2.24, 2.45) is 0 Å². The highest BCUT2D eigenvalue weighted by Gasteiger charge is 2.36. The number of halogens is 2. The first-order valence-corrected chi connectivity index (χ1v) is 12.3. The molecule has 0 radical (unpaired) electrons. The summed E-state index contributed by atoms with van der Waals surface area (Å²) in [5.41, 5.74) is 2.32. The molecule has 3 aromatic carbocycles. The second kappa shape index (κ2) is 9.74. The molecule has 2 aliphatic heterocycles. The smallest absolute Gasteiger partial charge is 0.293 e. The fourth-order valence-electron chi connectivity index (χ4n) is 3.53. The molecular weight excluding hydrogens is 542 g/mol. The van der Waals surface area contributed by atoms with E-state index in [0.717, 1.165) is 21.8 Å². The van der Waals surface area contributed by atoms with Gasteiger partial charge in [-0.1, -0.05) is 57.9 Å². The SMILES string of the molecule is O=C1S/C(=C\c2cc(Br)ccc2OCc2ccccc2)C(=O)N1Cc1cc2c(cc1Cl)OCO2. The second-order valence-electron chi connectivity index (χ2n) is 7.52. The van der Waals surface area contributed by atoms with E-state index in [2.05, 4.69) is 15.9 Å². The normalized spacial score (nSPS) is 15.9. The van der Waals surface area contributed by atoms with Crippen LogP contribution in [-0.2, 0) is 17.9 Å². The van der Waals surface area contributed by atoms with E-state index in [-0.39, 0.29) is 18.6 Å². The molecule has 3 aromatic rings. The number of amides is 2. The van der Waals surface area contributed by atoms with Crippen molar-refractivity contribution in [3.8, 4) is 17.2 Å². The van der Waals surface area contributed by atoms with Gasteiger partial charge in [0.15, 0.2) is 11.5 Å². The maximum Gasteiger partial charge on any atom is 0.293 e. The fraction of sp³-hybridized carbons (Fsp3) is 0.120. The van der Waals surface area contributed by atoms with Crippen LogP contribution in [0.5, 0.6) is 17.2 Å². The molecule has 0 aliphatic carbocycles. The van der Waals surface area contributed by atoms with E-state index in [9.17, 15) is 9.59 Å². The van der Waals surface area contributed by atoms with Crippen molar-refractivity contribution in [1.82, 2.24) is 4.90 Å². The lowest BCUT2D eigenvalue weighted by atomic mass is 10.1. The van der Waals surface area contributed by atoms with E-state index in [4.69, 9.17) is 25.8 Å². The molecule has 0 aromatic heterocycles. The van der Waals surface area contributed by atoms with Crippen molar-refractivity contribution in [2.75, 3.05) is 6.79 Å². The molecule has 0 bridgehead atoms. The lowest BCUT2D eigenvalue weighted by Gasteiger charge is -2.14. The Labute approximate surface area is 213 Å². The minimum Gasteiger partial charge on any atom is -0.488 e. The topological polar surface area (TPSA) is 65.1 Å². The highest BCUT2D eigenvalue weighted by molar-refractivity contribution is 9.10. The standard InChI is InChI=1S/C25H17BrClNO5S/c26-18-6-7-20(31-13-15-4-2-1-3-5-15)16(8-18)10-23-24(29)28(25(30)34-23)12-17-9-21-22(11-19(17)27)33-14-32-21/h1-11H,12-14H2/b23-10-. The number of thioether (sulfide) groups is 1. The molecule has 2 amide bonds. The van der Waals surface area contributed by atoms with Crippen molar-refractivity contribution in [3.63, 3.8) is 0 Å². The number of carbonyl (C=O) groups is 2. The number of imide groups is 1. The highest BCUT2D eigenvalue weighted by atomic mass is 79.9. The van der Waals surface area contributed by atoms with Gasteiger partial charge in [0.2, 0.25) is 6.79 Å². The number of hydrogen-bond acceptors (Lipinski definition) is 6. The largest absolute Gasteiger partial charge is 0.488 e. The van der Waals surface area contributed by atoms with Crippen LogP contribution in [0, 0.1) is 0 Å². The van der Waals surface area contributed by atoms with Crippen LogP contribution in [0.15, 0.2) is 70.0 Å². The Morgan fingerprint density at radius 2 is 1.82 bits per heavy atom. The van der Waals surface area contributed by atoms with Crippen molar-refractivity contribution in [3.05, 3.63) is 91.8 Å². The van der Waals surface area contributed by atoms with Crippen molar-refractivity contribution in [1.29, 1.82) is 0 Å². The molecule has 172 valence electrons. The van der Waals surface area contributed by atoms with Crippen LogP contribution >= 0.6 is 39.3 Å². The second-order valence-corrected chi connectivity index (χ2v) is 9.84. The molecule has 1 saturated heterocycles. The number of benzene rings is 3. The molecule has 2 heterocycles. The Bertz CT molecular complexity index is 1310. The zero-order chi connectivity index (χ0) is 23.7. The highest BCUT2D eigenvalue weighted by Crippen LogP contribution is 2.40. The third kappa shape index (κ3) is 4.80. The zero-order valence-electron chi connectivity index (χ0n) is 17.6. The van der Waals surface area contributed by atoms with Crippen LogP contribution < -0.4 is 14.2 Å². The van der Waals surface area contributed by atoms with Crippen LogP contribution in [0.25, 0.3) is 6.08 Å². The summed E-state index contributed by atoms with van der Waals surface area (Å²) in [7, 11) is 0. The molecule has 0 N–H and O–H groups in total. The summed E-state index contributed by atoms with van der Waals surface area (Å²) in [6.45, 7) is 0.529. The average Bonchev–Trinajstić information content (AvgIpc) is 3.38. The summed E-state index contributed by atoms with van der Waals surface area (Å²) in [5, 5.41) is 0.0302. The van der Waals surface area contributed by atoms with Crippen molar-refractivity contribution >= 4 is 56.5 Å². The van der Waals surface area contributed by atoms with E-state index in [0.29, 0.717) is 44.9 Å². The summed E-state index contributed by atoms with van der Waals surface area (Å²) < 4.78 is 17.5. The molecule has 2 aliphatic rings. The quantitative estimate of drug-likeness (QED) is 0.316. The van der Waals surface area contributed by atoms with E-state index in [1.165, 1.54) is 4.90 Å². The van der Waals surface area contributed by atoms with E-state index >= 15 is 0 Å². The summed E-state index contributed by atoms with van der Waals surface area (Å²) >= 11 is 10.7. The maximum atomic E-state index is 13.1. The first-order valence-electron chi connectivity index (χ1n) is 10.3. The molecule has 1 fully saturated rings. The zero-order valence-corrected chi connectivity index (χ0v) is 20.8. The average molecular weight is 559 g/mol. The van der Waals surface area contributed by atoms with Gasteiger partial charge < -0.3 is 14.2 Å². The minimum absolute atomic E-state index is 0.0350. The lowest BCUT2D eigenvalue weighted by molar-refractivity contribution is -0.123. The molecule has 0 spiro atoms. The summed E-state index contributed by atoms with van der Waals surface area (Å²) in [4.78, 5) is 27.3. The fourth-order valence-corrected chi connectivity index (χ4v) is 4.95. The number of fused-ring (bicyclic) bond motifs is 1. The van der Waals surface area contributed by atoms with E-state index in [1.807, 2.05) is 48.5 Å². The first kappa shape index (κ1) is 22.8. The monoisotopic (exact) mass is 557 g/mol. The molecule has 0 atom stereocenters. The van der Waals surface area contributed by atoms with Gasteiger partial charge in [-0.2, -0.15) is 0 Å². The van der Waals surface area contributed by atoms with Gasteiger partial charge in [0.05, 0.1) is 11.4 Å². The van der Waals surface area contributed by atoms with Gasteiger partial charge in [0, 0.05) is 21.1 Å². The van der Waals surface area contributed by atoms with Gasteiger partial charge >= 0.3 is 0 Å². The summed E-state index contributed by atoms with van der Waals surface area (Å²) in [6.07, 6.45) is 1.68. The Kier molecular flexibility index (Phi) is 6.54. The van der Waals surface area contributed by atoms with Crippen LogP contribution in [0.2, 0.25) is 5.02 Å². The van der Waals surface area contributed by atoms with Gasteiger partial charge in [-0.15, -0.1) is 0 Å². The van der Waals surface area contributed by atoms with Crippen LogP contribution in [-0.4, -0.2) is 22.8 Å². The molecular formula is C25H17BrClNO5S. The number of carbonyl (C=O) groups excluding carboxylic acids is 2. The predicted octanol–water partition coefficient (Wildman–Crippen LogP) is 6.65. The Hall–Kier alpha value is -2.94. The number of rotatable bonds is 6. The third-order valence-corrected chi connectivity index (χ3v) is 6.99. The van der Waals surface area contributed by atoms with Gasteiger partial charge in [0.25, 0.3) is 11.1 Å². The first-order chi connectivity index (χ1) is 16.5. The number of hydrogen-bond donors (Lipinski definition) is 0. The van der Waals surface area contributed by atoms with Gasteiger partial charge in [-0.3, -0.25) is 14.5 Å². The molecule has 5 rings (SSSR count). The van der Waals surface area contributed by atoms with Crippen LogP contribution in [0.4, 0.5) is 4.79 Å². The van der Waals surface area contributed by atoms with Crippen LogP contribution in [0.1, 0.15) is 16.7 Å². The Morgan fingerprint density at radius 1 is 1.06 bits per heavy atom. The van der Waals surface area contributed by atoms with E-state index in [1.54, 1.807) is 18.2 Å². The molecule has 9 heteroatoms. The van der Waals surface area contributed by atoms with Gasteiger partial charge in [-0.05, 0) is 53.2 Å². The maximum absolute atomic E-state index is 13.1. The predicted molar refractivity (Wildman–Crippen MR) is 134 cm³/mol. The van der Waals surface area contributed by atoms with Gasteiger partial charge in [0.1, 0.15) is 12.4 Å². The lowest BCUT2D eigenvalue weighted by Crippen LogP contribution is -2.27. The Balaban J connectivity index is 1.37. The number of nitrogens with zero attached hydrogens (tertiary/aromatic N) is 1. The van der Waals surface area contributed by atoms with Crippen molar-refractivity contribution < 1.29 is 23.8 Å². The summed E-state index contributed by atoms with van der Waals surface area (Å²) in [6, 6.07) is 18.7. The summed E-state index contributed by atoms with van der Waals surface area (Å²) in [5.74, 6) is 1.30. The van der Waals surface area contributed by atoms with E-state index < -0.39 is 5.91 Å².